The van der Waals surface area contributed by atoms with Crippen LogP contribution in [0.5, 0.6) is 6.01 Å². The van der Waals surface area contributed by atoms with Crippen molar-refractivity contribution in [2.75, 3.05) is 30.4 Å². The minimum absolute atomic E-state index is 0.00841. The van der Waals surface area contributed by atoms with Crippen LogP contribution in [0.25, 0.3) is 0 Å². The number of hydrogen-bond acceptors (Lipinski definition) is 6. The van der Waals surface area contributed by atoms with Crippen LogP contribution in [0.15, 0.2) is 24.4 Å². The van der Waals surface area contributed by atoms with Crippen molar-refractivity contribution in [3.63, 3.8) is 0 Å². The van der Waals surface area contributed by atoms with Gasteiger partial charge in [0.15, 0.2) is 0 Å². The molecule has 0 radical (unpaired) electrons. The highest BCUT2D eigenvalue weighted by Gasteiger charge is 2.26. The molecule has 1 amide bonds. The standard InChI is InChI=1S/C17H20ClN5O2/c1-11-9-15(22-17(20-11)25-2)23-7-5-12(6-8-23)16(24)21-14-4-3-13(18)10-19-14/h3-4,9-10,12H,5-8H2,1-2H3,(H,19,21,24). The lowest BCUT2D eigenvalue weighted by atomic mass is 9.96. The minimum atomic E-state index is -0.0430. The van der Waals surface area contributed by atoms with E-state index in [0.717, 1.165) is 37.4 Å². The van der Waals surface area contributed by atoms with Gasteiger partial charge in [-0.15, -0.1) is 0 Å². The monoisotopic (exact) mass is 361 g/mol. The number of nitrogens with one attached hydrogen (secondary N) is 1. The van der Waals surface area contributed by atoms with Gasteiger partial charge >= 0.3 is 6.01 Å². The van der Waals surface area contributed by atoms with Crippen LogP contribution < -0.4 is 15.0 Å². The normalized spacial score (nSPS) is 15.1. The summed E-state index contributed by atoms with van der Waals surface area (Å²) in [6.45, 7) is 3.42. The molecule has 2 aromatic rings. The summed E-state index contributed by atoms with van der Waals surface area (Å²) in [5.41, 5.74) is 0.857. The first kappa shape index (κ1) is 17.4. The van der Waals surface area contributed by atoms with E-state index in [1.165, 1.54) is 6.20 Å². The smallest absolute Gasteiger partial charge is 0.318 e. The molecular weight excluding hydrogens is 342 g/mol. The topological polar surface area (TPSA) is 80.2 Å². The van der Waals surface area contributed by atoms with E-state index >= 15 is 0 Å². The van der Waals surface area contributed by atoms with Crippen molar-refractivity contribution in [1.29, 1.82) is 0 Å². The van der Waals surface area contributed by atoms with Crippen molar-refractivity contribution in [3.05, 3.63) is 35.1 Å². The maximum Gasteiger partial charge on any atom is 0.318 e. The molecule has 25 heavy (non-hydrogen) atoms. The molecule has 1 aliphatic rings. The fraction of sp³-hybridized carbons (Fsp3) is 0.412. The lowest BCUT2D eigenvalue weighted by Crippen LogP contribution is -2.38. The van der Waals surface area contributed by atoms with Crippen molar-refractivity contribution in [1.82, 2.24) is 15.0 Å². The lowest BCUT2D eigenvalue weighted by molar-refractivity contribution is -0.120. The zero-order chi connectivity index (χ0) is 17.8. The molecule has 0 atom stereocenters. The van der Waals surface area contributed by atoms with Crippen LogP contribution in [-0.4, -0.2) is 41.1 Å². The Bertz CT molecular complexity index is 745. The highest BCUT2D eigenvalue weighted by Crippen LogP contribution is 2.24. The number of methoxy groups -OCH3 is 1. The molecule has 0 aliphatic carbocycles. The van der Waals surface area contributed by atoms with E-state index in [0.29, 0.717) is 16.9 Å². The van der Waals surface area contributed by atoms with Crippen molar-refractivity contribution >= 4 is 29.1 Å². The molecule has 7 nitrogen and oxygen atoms in total. The number of hydrogen-bond donors (Lipinski definition) is 1. The zero-order valence-electron chi connectivity index (χ0n) is 14.2. The molecule has 1 N–H and O–H groups in total. The van der Waals surface area contributed by atoms with E-state index in [1.54, 1.807) is 19.2 Å². The van der Waals surface area contributed by atoms with Crippen molar-refractivity contribution < 1.29 is 9.53 Å². The Morgan fingerprint density at radius 1 is 1.32 bits per heavy atom. The molecule has 0 bridgehead atoms. The first-order valence-corrected chi connectivity index (χ1v) is 8.50. The number of ether oxygens (including phenoxy) is 1. The Morgan fingerprint density at radius 3 is 2.72 bits per heavy atom. The molecule has 1 aliphatic heterocycles. The zero-order valence-corrected chi connectivity index (χ0v) is 15.0. The summed E-state index contributed by atoms with van der Waals surface area (Å²) >= 11 is 5.80. The molecule has 0 aromatic carbocycles. The summed E-state index contributed by atoms with van der Waals surface area (Å²) in [4.78, 5) is 27.2. The number of amides is 1. The lowest BCUT2D eigenvalue weighted by Gasteiger charge is -2.32. The number of aryl methyl sites for hydroxylation is 1. The van der Waals surface area contributed by atoms with Crippen molar-refractivity contribution in [2.45, 2.75) is 19.8 Å². The molecule has 0 saturated carbocycles. The largest absolute Gasteiger partial charge is 0.467 e. The highest BCUT2D eigenvalue weighted by atomic mass is 35.5. The van der Waals surface area contributed by atoms with Gasteiger partial charge in [-0.25, -0.2) is 9.97 Å². The number of piperidine rings is 1. The van der Waals surface area contributed by atoms with Crippen LogP contribution in [0.2, 0.25) is 5.02 Å². The number of aromatic nitrogens is 3. The van der Waals surface area contributed by atoms with Crippen LogP contribution in [-0.2, 0) is 4.79 Å². The van der Waals surface area contributed by atoms with Gasteiger partial charge in [0.25, 0.3) is 0 Å². The average molecular weight is 362 g/mol. The molecule has 132 valence electrons. The number of carbonyl (C=O) groups is 1. The van der Waals surface area contributed by atoms with Crippen molar-refractivity contribution in [2.24, 2.45) is 5.92 Å². The second-order valence-electron chi connectivity index (χ2n) is 5.97. The third-order valence-corrected chi connectivity index (χ3v) is 4.39. The summed E-state index contributed by atoms with van der Waals surface area (Å²) in [5, 5.41) is 3.39. The summed E-state index contributed by atoms with van der Waals surface area (Å²) < 4.78 is 5.13. The Hall–Kier alpha value is -2.41. The van der Waals surface area contributed by atoms with Crippen LogP contribution in [0.1, 0.15) is 18.5 Å². The average Bonchev–Trinajstić information content (AvgIpc) is 2.63. The number of pyridine rings is 1. The maximum atomic E-state index is 12.4. The predicted octanol–water partition coefficient (Wildman–Crippen LogP) is 2.70. The Labute approximate surface area is 151 Å². The molecule has 8 heteroatoms. The first-order valence-electron chi connectivity index (χ1n) is 8.12. The molecule has 1 saturated heterocycles. The second-order valence-corrected chi connectivity index (χ2v) is 6.40. The number of anilines is 2. The van der Waals surface area contributed by atoms with E-state index in [-0.39, 0.29) is 11.8 Å². The van der Waals surface area contributed by atoms with Crippen LogP contribution in [0, 0.1) is 12.8 Å². The Balaban J connectivity index is 1.58. The highest BCUT2D eigenvalue weighted by molar-refractivity contribution is 6.30. The summed E-state index contributed by atoms with van der Waals surface area (Å²) in [5.74, 6) is 1.31. The summed E-state index contributed by atoms with van der Waals surface area (Å²) in [6.07, 6.45) is 3.03. The fourth-order valence-corrected chi connectivity index (χ4v) is 2.94. The molecule has 0 unspecified atom stereocenters. The molecule has 0 spiro atoms. The van der Waals surface area contributed by atoms with Crippen LogP contribution >= 0.6 is 11.6 Å². The van der Waals surface area contributed by atoms with E-state index in [1.807, 2.05) is 13.0 Å². The fourth-order valence-electron chi connectivity index (χ4n) is 2.83. The maximum absolute atomic E-state index is 12.4. The predicted molar refractivity (Wildman–Crippen MR) is 96.1 cm³/mol. The molecule has 1 fully saturated rings. The number of rotatable bonds is 4. The Kier molecular flexibility index (Phi) is 5.33. The summed E-state index contributed by atoms with van der Waals surface area (Å²) in [7, 11) is 1.56. The minimum Gasteiger partial charge on any atom is -0.467 e. The van der Waals surface area contributed by atoms with E-state index in [9.17, 15) is 4.79 Å². The van der Waals surface area contributed by atoms with Crippen LogP contribution in [0.4, 0.5) is 11.6 Å². The number of carbonyl (C=O) groups excluding carboxylic acids is 1. The van der Waals surface area contributed by atoms with E-state index < -0.39 is 0 Å². The van der Waals surface area contributed by atoms with Gasteiger partial charge in [0.05, 0.1) is 12.1 Å². The van der Waals surface area contributed by atoms with Gasteiger partial charge in [0.2, 0.25) is 5.91 Å². The van der Waals surface area contributed by atoms with Gasteiger partial charge in [0, 0.05) is 37.0 Å². The van der Waals surface area contributed by atoms with E-state index in [4.69, 9.17) is 16.3 Å². The van der Waals surface area contributed by atoms with Gasteiger partial charge in [-0.3, -0.25) is 4.79 Å². The third-order valence-electron chi connectivity index (χ3n) is 4.17. The van der Waals surface area contributed by atoms with E-state index in [2.05, 4.69) is 25.2 Å². The second kappa shape index (κ2) is 7.65. The van der Waals surface area contributed by atoms with Gasteiger partial charge in [0.1, 0.15) is 11.6 Å². The van der Waals surface area contributed by atoms with Gasteiger partial charge in [-0.2, -0.15) is 4.98 Å². The SMILES string of the molecule is COc1nc(C)cc(N2CCC(C(=O)Nc3ccc(Cl)cn3)CC2)n1. The number of nitrogens with zero attached hydrogens (tertiary/aromatic N) is 4. The van der Waals surface area contributed by atoms with Gasteiger partial charge < -0.3 is 15.0 Å². The summed E-state index contributed by atoms with van der Waals surface area (Å²) in [6, 6.07) is 5.70. The van der Waals surface area contributed by atoms with Crippen LogP contribution in [0.3, 0.4) is 0 Å². The quantitative estimate of drug-likeness (QED) is 0.901. The van der Waals surface area contributed by atoms with Crippen molar-refractivity contribution in [3.8, 4) is 6.01 Å². The molecule has 2 aromatic heterocycles. The third kappa shape index (κ3) is 4.36. The van der Waals surface area contributed by atoms with Gasteiger partial charge in [-0.1, -0.05) is 11.6 Å². The first-order chi connectivity index (χ1) is 12.0. The number of halogens is 1. The molecule has 3 heterocycles. The molecule has 3 rings (SSSR count). The molecular formula is C17H20ClN5O2. The Morgan fingerprint density at radius 2 is 2.08 bits per heavy atom. The van der Waals surface area contributed by atoms with Gasteiger partial charge in [-0.05, 0) is 31.9 Å².